The lowest BCUT2D eigenvalue weighted by Crippen LogP contribution is -2.44. The lowest BCUT2D eigenvalue weighted by Gasteiger charge is -2.24. The zero-order chi connectivity index (χ0) is 20.2. The predicted octanol–water partition coefficient (Wildman–Crippen LogP) is 2.03. The number of H-pyrrole nitrogens is 1. The normalized spacial score (nSPS) is 16.5. The number of benzene rings is 2. The van der Waals surface area contributed by atoms with Crippen molar-refractivity contribution >= 4 is 22.8 Å². The number of hydrogen-bond acceptors (Lipinski definition) is 3. The Labute approximate surface area is 168 Å². The number of carbonyl (C=O) groups excluding carboxylic acids is 2. The van der Waals surface area contributed by atoms with Crippen LogP contribution in [0.4, 0.5) is 0 Å². The van der Waals surface area contributed by atoms with Gasteiger partial charge in [0, 0.05) is 26.1 Å². The van der Waals surface area contributed by atoms with Crippen LogP contribution in [0, 0.1) is 0 Å². The van der Waals surface area contributed by atoms with Gasteiger partial charge in [0.15, 0.2) is 0 Å². The molecular formula is C22H24N4O3. The average Bonchev–Trinajstić information content (AvgIpc) is 3.25. The van der Waals surface area contributed by atoms with Crippen LogP contribution in [0.1, 0.15) is 24.8 Å². The molecule has 2 N–H and O–H groups in total. The van der Waals surface area contributed by atoms with Crippen molar-refractivity contribution in [2.24, 2.45) is 0 Å². The smallest absolute Gasteiger partial charge is 0.326 e. The van der Waals surface area contributed by atoms with E-state index in [4.69, 9.17) is 0 Å². The van der Waals surface area contributed by atoms with Gasteiger partial charge in [0.05, 0.1) is 11.0 Å². The van der Waals surface area contributed by atoms with E-state index < -0.39 is 6.04 Å². The van der Waals surface area contributed by atoms with Gasteiger partial charge in [-0.3, -0.25) is 14.2 Å². The molecule has 1 aliphatic heterocycles. The SMILES string of the molecule is O=C(NCCCn1c(=O)[nH]c2ccccc21)C1CCC(=O)N1Cc1ccccc1. The Kier molecular flexibility index (Phi) is 5.46. The summed E-state index contributed by atoms with van der Waals surface area (Å²) in [5.41, 5.74) is 2.54. The molecule has 1 unspecified atom stereocenters. The van der Waals surface area contributed by atoms with Crippen LogP contribution in [-0.2, 0) is 22.7 Å². The van der Waals surface area contributed by atoms with E-state index in [2.05, 4.69) is 10.3 Å². The van der Waals surface area contributed by atoms with Crippen molar-refractivity contribution in [1.82, 2.24) is 19.8 Å². The molecule has 0 bridgehead atoms. The number of fused-ring (bicyclic) bond motifs is 1. The number of nitrogens with one attached hydrogen (secondary N) is 2. The van der Waals surface area contributed by atoms with Gasteiger partial charge in [0.1, 0.15) is 6.04 Å². The van der Waals surface area contributed by atoms with E-state index in [1.165, 1.54) is 0 Å². The fraction of sp³-hybridized carbons (Fsp3) is 0.318. The highest BCUT2D eigenvalue weighted by Crippen LogP contribution is 2.21. The average molecular weight is 392 g/mol. The zero-order valence-electron chi connectivity index (χ0n) is 16.1. The van der Waals surface area contributed by atoms with Crippen LogP contribution in [0.3, 0.4) is 0 Å². The number of amides is 2. The Balaban J connectivity index is 1.32. The van der Waals surface area contributed by atoms with Gasteiger partial charge in [-0.15, -0.1) is 0 Å². The molecule has 2 aromatic carbocycles. The molecule has 7 heteroatoms. The Morgan fingerprint density at radius 2 is 1.83 bits per heavy atom. The number of likely N-dealkylation sites (tertiary alicyclic amines) is 1. The molecule has 3 aromatic rings. The summed E-state index contributed by atoms with van der Waals surface area (Å²) in [7, 11) is 0. The first-order valence-electron chi connectivity index (χ1n) is 9.92. The van der Waals surface area contributed by atoms with Crippen LogP contribution in [0.5, 0.6) is 0 Å². The molecule has 2 heterocycles. The van der Waals surface area contributed by atoms with Gasteiger partial charge in [-0.1, -0.05) is 42.5 Å². The number of aromatic amines is 1. The maximum Gasteiger partial charge on any atom is 0.326 e. The summed E-state index contributed by atoms with van der Waals surface area (Å²) < 4.78 is 1.68. The lowest BCUT2D eigenvalue weighted by molar-refractivity contribution is -0.135. The van der Waals surface area contributed by atoms with Crippen molar-refractivity contribution in [3.63, 3.8) is 0 Å². The van der Waals surface area contributed by atoms with E-state index >= 15 is 0 Å². The maximum absolute atomic E-state index is 12.7. The fourth-order valence-electron chi connectivity index (χ4n) is 3.88. The molecule has 0 aliphatic carbocycles. The lowest BCUT2D eigenvalue weighted by atomic mass is 10.1. The maximum atomic E-state index is 12.7. The second-order valence-electron chi connectivity index (χ2n) is 7.31. The third kappa shape index (κ3) is 4.08. The summed E-state index contributed by atoms with van der Waals surface area (Å²) in [6.45, 7) is 1.41. The van der Waals surface area contributed by atoms with Crippen LogP contribution < -0.4 is 11.0 Å². The van der Waals surface area contributed by atoms with Gasteiger partial charge in [0.25, 0.3) is 0 Å². The van der Waals surface area contributed by atoms with E-state index in [1.54, 1.807) is 9.47 Å². The Morgan fingerprint density at radius 3 is 2.66 bits per heavy atom. The number of carbonyl (C=O) groups is 2. The molecule has 1 aliphatic rings. The van der Waals surface area contributed by atoms with Gasteiger partial charge < -0.3 is 15.2 Å². The van der Waals surface area contributed by atoms with Crippen molar-refractivity contribution in [3.05, 3.63) is 70.6 Å². The van der Waals surface area contributed by atoms with Crippen molar-refractivity contribution in [2.75, 3.05) is 6.54 Å². The molecule has 2 amide bonds. The molecule has 0 radical (unpaired) electrons. The zero-order valence-corrected chi connectivity index (χ0v) is 16.1. The molecule has 1 saturated heterocycles. The first-order chi connectivity index (χ1) is 14.1. The Bertz CT molecular complexity index is 1070. The number of aromatic nitrogens is 2. The molecule has 150 valence electrons. The minimum absolute atomic E-state index is 0.0133. The largest absolute Gasteiger partial charge is 0.354 e. The topological polar surface area (TPSA) is 87.2 Å². The van der Waals surface area contributed by atoms with E-state index in [0.717, 1.165) is 16.6 Å². The van der Waals surface area contributed by atoms with Crippen LogP contribution in [-0.4, -0.2) is 38.9 Å². The van der Waals surface area contributed by atoms with Crippen LogP contribution in [0.25, 0.3) is 11.0 Å². The van der Waals surface area contributed by atoms with Crippen molar-refractivity contribution in [1.29, 1.82) is 0 Å². The molecule has 0 spiro atoms. The van der Waals surface area contributed by atoms with Crippen molar-refractivity contribution in [2.45, 2.75) is 38.4 Å². The summed E-state index contributed by atoms with van der Waals surface area (Å²) >= 11 is 0. The standard InChI is InChI=1S/C22H24N4O3/c27-20-12-11-19(26(20)15-16-7-2-1-3-8-16)21(28)23-13-6-14-25-18-10-5-4-9-17(18)24-22(25)29/h1-5,7-10,19H,6,11-15H2,(H,23,28)(H,24,29). The Hall–Kier alpha value is -3.35. The molecule has 1 fully saturated rings. The second kappa shape index (κ2) is 8.34. The van der Waals surface area contributed by atoms with Gasteiger partial charge in [-0.2, -0.15) is 0 Å². The number of nitrogens with zero attached hydrogens (tertiary/aromatic N) is 2. The molecule has 29 heavy (non-hydrogen) atoms. The second-order valence-corrected chi connectivity index (χ2v) is 7.31. The molecule has 0 saturated carbocycles. The van der Waals surface area contributed by atoms with E-state index in [-0.39, 0.29) is 17.5 Å². The van der Waals surface area contributed by atoms with E-state index in [1.807, 2.05) is 54.6 Å². The summed E-state index contributed by atoms with van der Waals surface area (Å²) in [6, 6.07) is 16.8. The third-order valence-electron chi connectivity index (χ3n) is 5.37. The first kappa shape index (κ1) is 19.0. The molecular weight excluding hydrogens is 368 g/mol. The quantitative estimate of drug-likeness (QED) is 0.603. The van der Waals surface area contributed by atoms with Gasteiger partial charge in [-0.05, 0) is 30.5 Å². The third-order valence-corrected chi connectivity index (χ3v) is 5.37. The minimum atomic E-state index is -0.432. The first-order valence-corrected chi connectivity index (χ1v) is 9.92. The summed E-state index contributed by atoms with van der Waals surface area (Å²) in [5.74, 6) is -0.114. The number of para-hydroxylation sites is 2. The molecule has 7 nitrogen and oxygen atoms in total. The molecule has 1 atom stereocenters. The van der Waals surface area contributed by atoms with Crippen LogP contribution >= 0.6 is 0 Å². The highest BCUT2D eigenvalue weighted by atomic mass is 16.2. The number of imidazole rings is 1. The van der Waals surface area contributed by atoms with Crippen LogP contribution in [0.2, 0.25) is 0 Å². The van der Waals surface area contributed by atoms with E-state index in [9.17, 15) is 14.4 Å². The number of rotatable bonds is 7. The van der Waals surface area contributed by atoms with Crippen molar-refractivity contribution < 1.29 is 9.59 Å². The van der Waals surface area contributed by atoms with Gasteiger partial charge in [0.2, 0.25) is 11.8 Å². The van der Waals surface area contributed by atoms with Gasteiger partial charge in [-0.25, -0.2) is 4.79 Å². The molecule has 4 rings (SSSR count). The summed E-state index contributed by atoms with van der Waals surface area (Å²) in [5, 5.41) is 2.93. The summed E-state index contributed by atoms with van der Waals surface area (Å²) in [4.78, 5) is 41.5. The fourth-order valence-corrected chi connectivity index (χ4v) is 3.88. The minimum Gasteiger partial charge on any atom is -0.354 e. The monoisotopic (exact) mass is 392 g/mol. The molecule has 1 aromatic heterocycles. The van der Waals surface area contributed by atoms with Gasteiger partial charge >= 0.3 is 5.69 Å². The van der Waals surface area contributed by atoms with Crippen molar-refractivity contribution in [3.8, 4) is 0 Å². The highest BCUT2D eigenvalue weighted by Gasteiger charge is 2.35. The highest BCUT2D eigenvalue weighted by molar-refractivity contribution is 5.90. The number of aryl methyl sites for hydroxylation is 1. The number of hydrogen-bond donors (Lipinski definition) is 2. The van der Waals surface area contributed by atoms with Crippen LogP contribution in [0.15, 0.2) is 59.4 Å². The summed E-state index contributed by atoms with van der Waals surface area (Å²) in [6.07, 6.45) is 1.57. The van der Waals surface area contributed by atoms with E-state index in [0.29, 0.717) is 38.9 Å². The Morgan fingerprint density at radius 1 is 1.07 bits per heavy atom. The predicted molar refractivity (Wildman–Crippen MR) is 110 cm³/mol.